The minimum atomic E-state index is -0.407. The molecule has 8 aromatic carbocycles. The lowest BCUT2D eigenvalue weighted by Gasteiger charge is -2.52. The molecule has 3 nitrogen and oxygen atoms in total. The maximum absolute atomic E-state index is 2.79. The molecule has 0 N–H and O–H groups in total. The topological polar surface area (TPSA) is 9.72 Å². The van der Waals surface area contributed by atoms with Crippen LogP contribution in [-0.2, 0) is 39.0 Å². The molecule has 0 saturated heterocycles. The van der Waals surface area contributed by atoms with E-state index in [2.05, 4.69) is 281 Å². The average Bonchev–Trinajstić information content (AvgIpc) is 3.62. The fourth-order valence-corrected chi connectivity index (χ4v) is 13.4. The molecule has 372 valence electrons. The predicted octanol–water partition coefficient (Wildman–Crippen LogP) is 16.9. The molecule has 0 bridgehead atoms. The van der Waals surface area contributed by atoms with Gasteiger partial charge in [0.15, 0.2) is 0 Å². The molecule has 0 fully saturated rings. The predicted molar refractivity (Wildman–Crippen MR) is 319 cm³/mol. The van der Waals surface area contributed by atoms with E-state index in [-0.39, 0.29) is 33.8 Å². The van der Waals surface area contributed by atoms with Crippen molar-refractivity contribution in [1.82, 2.24) is 0 Å². The second-order valence-electron chi connectivity index (χ2n) is 26.6. The Labute approximate surface area is 443 Å². The summed E-state index contributed by atoms with van der Waals surface area (Å²) < 4.78 is 0. The van der Waals surface area contributed by atoms with Crippen LogP contribution in [0.25, 0.3) is 11.1 Å². The van der Waals surface area contributed by atoms with Crippen LogP contribution in [0, 0.1) is 0 Å². The van der Waals surface area contributed by atoms with Crippen molar-refractivity contribution in [2.24, 2.45) is 0 Å². The van der Waals surface area contributed by atoms with Gasteiger partial charge in [0.1, 0.15) is 0 Å². The summed E-state index contributed by atoms with van der Waals surface area (Å²) in [6.07, 6.45) is 2.11. The summed E-state index contributed by atoms with van der Waals surface area (Å²) in [5.41, 5.74) is 25.3. The summed E-state index contributed by atoms with van der Waals surface area (Å²) in [6, 6.07) is 66.5. The average molecular weight is 968 g/mol. The van der Waals surface area contributed by atoms with Gasteiger partial charge in [0.25, 0.3) is 6.71 Å². The molecule has 2 atom stereocenters. The molecular formula is C70H74BN3. The first-order valence-corrected chi connectivity index (χ1v) is 27.3. The molecular weight excluding hydrogens is 894 g/mol. The number of hydrogen-bond acceptors (Lipinski definition) is 3. The zero-order chi connectivity index (χ0) is 52.1. The zero-order valence-electron chi connectivity index (χ0n) is 46.5. The highest BCUT2D eigenvalue weighted by Crippen LogP contribution is 2.65. The Morgan fingerprint density at radius 3 is 1.59 bits per heavy atom. The van der Waals surface area contributed by atoms with Gasteiger partial charge in [-0.2, -0.15) is 0 Å². The molecule has 12 rings (SSSR count). The highest BCUT2D eigenvalue weighted by Gasteiger charge is 2.60. The number of hydrogen-bond donors (Lipinski definition) is 0. The second-order valence-corrected chi connectivity index (χ2v) is 26.6. The van der Waals surface area contributed by atoms with E-state index in [1.54, 1.807) is 0 Å². The van der Waals surface area contributed by atoms with E-state index in [1.165, 1.54) is 112 Å². The summed E-state index contributed by atoms with van der Waals surface area (Å²) in [4.78, 5) is 8.06. The van der Waals surface area contributed by atoms with Crippen molar-refractivity contribution in [1.29, 1.82) is 0 Å². The second kappa shape index (κ2) is 16.4. The quantitative estimate of drug-likeness (QED) is 0.163. The molecule has 0 saturated carbocycles. The van der Waals surface area contributed by atoms with E-state index >= 15 is 0 Å². The Hall–Kier alpha value is -6.78. The van der Waals surface area contributed by atoms with Gasteiger partial charge >= 0.3 is 0 Å². The van der Waals surface area contributed by atoms with Crippen molar-refractivity contribution in [3.8, 4) is 11.1 Å². The first kappa shape index (κ1) is 48.2. The third kappa shape index (κ3) is 7.21. The highest BCUT2D eigenvalue weighted by atomic mass is 15.3. The SMILES string of the molecule is CC(C)(C)c1ccc(N2c3ccc(C(C)(C)C)cc3B3c4ccccc4N(c4ccc(C(C)(C)C)cc4-c4ccccc4)c4cc(N5c6ccc(C(C)(C)C)cc6C6(C)CCc7ccccc7C56C)cc2c43)cc1. The third-order valence-electron chi connectivity index (χ3n) is 17.9. The van der Waals surface area contributed by atoms with Crippen LogP contribution in [0.15, 0.2) is 170 Å². The van der Waals surface area contributed by atoms with E-state index in [0.29, 0.717) is 0 Å². The monoisotopic (exact) mass is 968 g/mol. The van der Waals surface area contributed by atoms with Crippen molar-refractivity contribution in [3.63, 3.8) is 0 Å². The normalized spacial score (nSPS) is 18.8. The minimum absolute atomic E-state index is 0.00294. The fourth-order valence-electron chi connectivity index (χ4n) is 13.4. The maximum atomic E-state index is 2.79. The molecule has 0 radical (unpaired) electrons. The van der Waals surface area contributed by atoms with Crippen LogP contribution < -0.4 is 31.1 Å². The van der Waals surface area contributed by atoms with Gasteiger partial charge in [-0.25, -0.2) is 0 Å². The Kier molecular flexibility index (Phi) is 10.7. The largest absolute Gasteiger partial charge is 0.330 e. The number of nitrogens with zero attached hydrogens (tertiary/aromatic N) is 3. The molecule has 3 aliphatic heterocycles. The van der Waals surface area contributed by atoms with Gasteiger partial charge in [0, 0.05) is 50.8 Å². The summed E-state index contributed by atoms with van der Waals surface area (Å²) in [7, 11) is 0. The summed E-state index contributed by atoms with van der Waals surface area (Å²) in [5.74, 6) is 0. The summed E-state index contributed by atoms with van der Waals surface area (Å²) in [6.45, 7) is 33.2. The number of para-hydroxylation sites is 1. The van der Waals surface area contributed by atoms with Crippen LogP contribution in [0.5, 0.6) is 0 Å². The Morgan fingerprint density at radius 2 is 0.932 bits per heavy atom. The van der Waals surface area contributed by atoms with Crippen LogP contribution in [0.1, 0.15) is 142 Å². The first-order valence-electron chi connectivity index (χ1n) is 27.3. The number of aryl methyl sites for hydroxylation is 1. The van der Waals surface area contributed by atoms with Crippen molar-refractivity contribution in [2.75, 3.05) is 14.7 Å². The lowest BCUT2D eigenvalue weighted by molar-refractivity contribution is 0.245. The van der Waals surface area contributed by atoms with E-state index < -0.39 is 5.54 Å². The smallest absolute Gasteiger partial charge is 0.252 e. The molecule has 2 unspecified atom stereocenters. The Balaban J connectivity index is 1.23. The molecule has 0 aromatic heterocycles. The molecule has 1 aliphatic carbocycles. The molecule has 4 aliphatic rings. The van der Waals surface area contributed by atoms with Crippen LogP contribution in [-0.4, -0.2) is 6.71 Å². The van der Waals surface area contributed by atoms with Gasteiger partial charge in [0.05, 0.1) is 11.2 Å². The van der Waals surface area contributed by atoms with Crippen molar-refractivity contribution < 1.29 is 0 Å². The maximum Gasteiger partial charge on any atom is 0.252 e. The third-order valence-corrected chi connectivity index (χ3v) is 17.9. The van der Waals surface area contributed by atoms with E-state index in [0.717, 1.165) is 12.8 Å². The number of rotatable bonds is 4. The fraction of sp³-hybridized carbons (Fsp3) is 0.314. The minimum Gasteiger partial charge on any atom is -0.330 e. The molecule has 3 heterocycles. The number of benzene rings is 8. The van der Waals surface area contributed by atoms with Gasteiger partial charge in [0.2, 0.25) is 0 Å². The Morgan fingerprint density at radius 1 is 0.405 bits per heavy atom. The van der Waals surface area contributed by atoms with Crippen molar-refractivity contribution >= 4 is 68.6 Å². The lowest BCUT2D eigenvalue weighted by atomic mass is 9.33. The molecule has 0 amide bonds. The Bertz CT molecular complexity index is 3540. The van der Waals surface area contributed by atoms with Gasteiger partial charge in [-0.3, -0.25) is 0 Å². The van der Waals surface area contributed by atoms with Gasteiger partial charge < -0.3 is 14.7 Å². The highest BCUT2D eigenvalue weighted by molar-refractivity contribution is 7.00. The molecule has 74 heavy (non-hydrogen) atoms. The van der Waals surface area contributed by atoms with Gasteiger partial charge in [-0.15, -0.1) is 0 Å². The standard InChI is InChI=1S/C70H74BN3/c1-65(2,3)47-28-33-51(34-29-47)72-61-37-32-50(68(10,11)12)42-57(61)71-56-26-20-21-27-60(56)73(58-35-30-48(66(4,5)6)40-53(58)45-22-16-15-17-23-45)63-44-52(43-62(72)64(63)71)74-59-36-31-49(67(7,8)9)41-55(59)69(13)39-38-46-24-18-19-25-54(46)70(69,74)14/h15-37,40-44H,38-39H2,1-14H3. The van der Waals surface area contributed by atoms with Gasteiger partial charge in [-0.05, 0) is 157 Å². The van der Waals surface area contributed by atoms with E-state index in [1.807, 2.05) is 0 Å². The lowest BCUT2D eigenvalue weighted by Crippen LogP contribution is -2.61. The zero-order valence-corrected chi connectivity index (χ0v) is 46.5. The van der Waals surface area contributed by atoms with Crippen LogP contribution >= 0.6 is 0 Å². The first-order chi connectivity index (χ1) is 35.0. The molecule has 0 spiro atoms. The van der Waals surface area contributed by atoms with E-state index in [4.69, 9.17) is 0 Å². The summed E-state index contributed by atoms with van der Waals surface area (Å²) >= 11 is 0. The van der Waals surface area contributed by atoms with Crippen molar-refractivity contribution in [2.45, 2.75) is 142 Å². The molecule has 4 heteroatoms. The van der Waals surface area contributed by atoms with Crippen molar-refractivity contribution in [3.05, 3.63) is 209 Å². The number of anilines is 8. The molecule has 8 aromatic rings. The van der Waals surface area contributed by atoms with Gasteiger partial charge in [-0.1, -0.05) is 205 Å². The number of fused-ring (bicyclic) bond motifs is 9. The van der Waals surface area contributed by atoms with Crippen LogP contribution in [0.3, 0.4) is 0 Å². The summed E-state index contributed by atoms with van der Waals surface area (Å²) in [5, 5.41) is 0. The van der Waals surface area contributed by atoms with Crippen LogP contribution in [0.2, 0.25) is 0 Å². The van der Waals surface area contributed by atoms with E-state index in [9.17, 15) is 0 Å². The van der Waals surface area contributed by atoms with Crippen LogP contribution in [0.4, 0.5) is 45.5 Å².